The second-order valence-electron chi connectivity index (χ2n) is 3.17. The van der Waals surface area contributed by atoms with Gasteiger partial charge in [-0.25, -0.2) is 4.79 Å². The average Bonchev–Trinajstić information content (AvgIpc) is 2.83. The smallest absolute Gasteiger partial charge is 0.411 e. The van der Waals surface area contributed by atoms with Gasteiger partial charge in [-0.15, -0.1) is 0 Å². The van der Waals surface area contributed by atoms with Crippen LogP contribution in [0.2, 0.25) is 0 Å². The topological polar surface area (TPSA) is 51.5 Å². The number of nitrogens with one attached hydrogen (secondary N) is 1. The number of carbonyl (C=O) groups excluding carboxylic acids is 1. The van der Waals surface area contributed by atoms with Gasteiger partial charge in [-0.1, -0.05) is 12.1 Å². The lowest BCUT2D eigenvalue weighted by Crippen LogP contribution is -2.10. The van der Waals surface area contributed by atoms with E-state index in [1.54, 1.807) is 12.3 Å². The van der Waals surface area contributed by atoms with E-state index in [1.165, 1.54) is 7.11 Å². The first-order valence-corrected chi connectivity index (χ1v) is 4.78. The first-order chi connectivity index (χ1) is 7.79. The third-order valence-corrected chi connectivity index (χ3v) is 2.10. The highest BCUT2D eigenvalue weighted by Crippen LogP contribution is 2.22. The van der Waals surface area contributed by atoms with Gasteiger partial charge >= 0.3 is 6.09 Å². The maximum Gasteiger partial charge on any atom is 0.411 e. The molecule has 0 spiro atoms. The summed E-state index contributed by atoms with van der Waals surface area (Å²) < 4.78 is 9.77. The van der Waals surface area contributed by atoms with Gasteiger partial charge in [0.05, 0.1) is 13.4 Å². The molecule has 0 radical (unpaired) electrons. The Morgan fingerprint density at radius 1 is 1.31 bits per heavy atom. The fourth-order valence-electron chi connectivity index (χ4n) is 1.36. The first-order valence-electron chi connectivity index (χ1n) is 4.78. The highest BCUT2D eigenvalue weighted by atomic mass is 16.5. The van der Waals surface area contributed by atoms with E-state index in [0.717, 1.165) is 11.3 Å². The molecule has 4 heteroatoms. The summed E-state index contributed by atoms with van der Waals surface area (Å²) in [4.78, 5) is 11.0. The van der Waals surface area contributed by atoms with Gasteiger partial charge in [0, 0.05) is 11.3 Å². The van der Waals surface area contributed by atoms with Crippen LogP contribution >= 0.6 is 0 Å². The fourth-order valence-corrected chi connectivity index (χ4v) is 1.36. The van der Waals surface area contributed by atoms with Crippen LogP contribution in [0.3, 0.4) is 0 Å². The fraction of sp³-hybridized carbons (Fsp3) is 0.0833. The minimum absolute atomic E-state index is 0.489. The van der Waals surface area contributed by atoms with Crippen LogP contribution < -0.4 is 5.32 Å². The number of hydrogen-bond acceptors (Lipinski definition) is 3. The molecule has 1 amide bonds. The second-order valence-corrected chi connectivity index (χ2v) is 3.17. The van der Waals surface area contributed by atoms with Gasteiger partial charge in [0.2, 0.25) is 0 Å². The lowest BCUT2D eigenvalue weighted by Gasteiger charge is -2.04. The molecule has 0 unspecified atom stereocenters. The molecule has 16 heavy (non-hydrogen) atoms. The van der Waals surface area contributed by atoms with Gasteiger partial charge in [-0.2, -0.15) is 0 Å². The average molecular weight is 217 g/mol. The number of anilines is 1. The Labute approximate surface area is 92.8 Å². The highest BCUT2D eigenvalue weighted by Gasteiger charge is 2.04. The molecule has 1 heterocycles. The quantitative estimate of drug-likeness (QED) is 0.840. The molecule has 0 saturated heterocycles. The van der Waals surface area contributed by atoms with Crippen molar-refractivity contribution >= 4 is 11.8 Å². The molecule has 0 atom stereocenters. The Hall–Kier alpha value is -2.23. The standard InChI is InChI=1S/C12H11NO3/c1-15-12(14)13-10-5-2-4-9(8-10)11-6-3-7-16-11/h2-8H,1H3,(H,13,14). The van der Waals surface area contributed by atoms with Crippen LogP contribution in [-0.2, 0) is 4.74 Å². The molecule has 1 N–H and O–H groups in total. The number of hydrogen-bond donors (Lipinski definition) is 1. The molecule has 0 aliphatic heterocycles. The van der Waals surface area contributed by atoms with Crippen molar-refractivity contribution in [2.75, 3.05) is 12.4 Å². The van der Waals surface area contributed by atoms with Gasteiger partial charge < -0.3 is 9.15 Å². The van der Waals surface area contributed by atoms with Crippen molar-refractivity contribution < 1.29 is 13.9 Å². The monoisotopic (exact) mass is 217 g/mol. The summed E-state index contributed by atoms with van der Waals surface area (Å²) in [5, 5.41) is 2.59. The van der Waals surface area contributed by atoms with E-state index < -0.39 is 6.09 Å². The zero-order valence-corrected chi connectivity index (χ0v) is 8.77. The Bertz CT molecular complexity index is 477. The van der Waals surface area contributed by atoms with Crippen LogP contribution in [0, 0.1) is 0 Å². The van der Waals surface area contributed by atoms with Crippen molar-refractivity contribution in [1.82, 2.24) is 0 Å². The normalized spacial score (nSPS) is 9.81. The maximum atomic E-state index is 11.0. The van der Waals surface area contributed by atoms with Crippen LogP contribution in [0.5, 0.6) is 0 Å². The van der Waals surface area contributed by atoms with E-state index in [1.807, 2.05) is 30.3 Å². The number of carbonyl (C=O) groups is 1. The largest absolute Gasteiger partial charge is 0.464 e. The van der Waals surface area contributed by atoms with Gasteiger partial charge in [-0.3, -0.25) is 5.32 Å². The van der Waals surface area contributed by atoms with Crippen molar-refractivity contribution in [3.05, 3.63) is 42.7 Å². The molecular formula is C12H11NO3. The molecule has 0 saturated carbocycles. The molecule has 0 bridgehead atoms. The zero-order chi connectivity index (χ0) is 11.4. The third kappa shape index (κ3) is 2.23. The number of amides is 1. The van der Waals surface area contributed by atoms with Crippen LogP contribution in [0.15, 0.2) is 47.1 Å². The minimum Gasteiger partial charge on any atom is -0.464 e. The van der Waals surface area contributed by atoms with E-state index >= 15 is 0 Å². The molecule has 0 aliphatic rings. The van der Waals surface area contributed by atoms with Crippen molar-refractivity contribution in [3.8, 4) is 11.3 Å². The van der Waals surface area contributed by atoms with Gasteiger partial charge in [0.15, 0.2) is 0 Å². The SMILES string of the molecule is COC(=O)Nc1cccc(-c2ccco2)c1. The first kappa shape index (κ1) is 10.3. The Balaban J connectivity index is 2.23. The van der Waals surface area contributed by atoms with E-state index in [-0.39, 0.29) is 0 Å². The summed E-state index contributed by atoms with van der Waals surface area (Å²) in [6.07, 6.45) is 1.12. The summed E-state index contributed by atoms with van der Waals surface area (Å²) in [5.41, 5.74) is 1.57. The van der Waals surface area contributed by atoms with Gasteiger partial charge in [0.1, 0.15) is 5.76 Å². The van der Waals surface area contributed by atoms with Gasteiger partial charge in [-0.05, 0) is 24.3 Å². The second kappa shape index (κ2) is 4.53. The number of methoxy groups -OCH3 is 1. The molecule has 82 valence electrons. The number of rotatable bonds is 2. The Morgan fingerprint density at radius 3 is 2.88 bits per heavy atom. The van der Waals surface area contributed by atoms with E-state index in [0.29, 0.717) is 5.69 Å². The molecule has 4 nitrogen and oxygen atoms in total. The van der Waals surface area contributed by atoms with E-state index in [9.17, 15) is 4.79 Å². The molecule has 0 fully saturated rings. The molecule has 2 rings (SSSR count). The minimum atomic E-state index is -0.489. The summed E-state index contributed by atoms with van der Waals surface area (Å²) >= 11 is 0. The molecular weight excluding hydrogens is 206 g/mol. The Morgan fingerprint density at radius 2 is 2.19 bits per heavy atom. The number of benzene rings is 1. The van der Waals surface area contributed by atoms with Crippen molar-refractivity contribution in [3.63, 3.8) is 0 Å². The maximum absolute atomic E-state index is 11.0. The summed E-state index contributed by atoms with van der Waals surface area (Å²) in [5.74, 6) is 0.758. The van der Waals surface area contributed by atoms with Crippen LogP contribution in [0.1, 0.15) is 0 Å². The summed E-state index contributed by atoms with van der Waals surface area (Å²) in [6, 6.07) is 11.0. The summed E-state index contributed by atoms with van der Waals surface area (Å²) in [7, 11) is 1.33. The zero-order valence-electron chi connectivity index (χ0n) is 8.77. The predicted octanol–water partition coefficient (Wildman–Crippen LogP) is 3.12. The van der Waals surface area contributed by atoms with Gasteiger partial charge in [0.25, 0.3) is 0 Å². The molecule has 1 aromatic carbocycles. The predicted molar refractivity (Wildman–Crippen MR) is 60.2 cm³/mol. The van der Waals surface area contributed by atoms with Crippen LogP contribution in [0.4, 0.5) is 10.5 Å². The molecule has 1 aromatic heterocycles. The number of furan rings is 1. The highest BCUT2D eigenvalue weighted by molar-refractivity contribution is 5.85. The van der Waals surface area contributed by atoms with E-state index in [2.05, 4.69) is 10.1 Å². The molecule has 0 aliphatic carbocycles. The summed E-state index contributed by atoms with van der Waals surface area (Å²) in [6.45, 7) is 0. The lowest BCUT2D eigenvalue weighted by molar-refractivity contribution is 0.187. The third-order valence-electron chi connectivity index (χ3n) is 2.10. The van der Waals surface area contributed by atoms with Crippen molar-refractivity contribution in [1.29, 1.82) is 0 Å². The number of ether oxygens (including phenoxy) is 1. The Kier molecular flexibility index (Phi) is 2.91. The van der Waals surface area contributed by atoms with E-state index in [4.69, 9.17) is 4.42 Å². The van der Waals surface area contributed by atoms with Crippen molar-refractivity contribution in [2.45, 2.75) is 0 Å². The lowest BCUT2D eigenvalue weighted by atomic mass is 10.1. The van der Waals surface area contributed by atoms with Crippen molar-refractivity contribution in [2.24, 2.45) is 0 Å². The van der Waals surface area contributed by atoms with Crippen LogP contribution in [0.25, 0.3) is 11.3 Å². The molecule has 2 aromatic rings. The van der Waals surface area contributed by atoms with Crippen LogP contribution in [-0.4, -0.2) is 13.2 Å².